The Labute approximate surface area is 207 Å². The number of nitrogens with two attached hydrogens (primary N) is 1. The van der Waals surface area contributed by atoms with E-state index < -0.39 is 5.91 Å². The van der Waals surface area contributed by atoms with Crippen LogP contribution in [0.3, 0.4) is 0 Å². The Morgan fingerprint density at radius 2 is 1.83 bits per heavy atom. The van der Waals surface area contributed by atoms with Gasteiger partial charge in [0.1, 0.15) is 11.4 Å². The average molecular weight is 490 g/mol. The van der Waals surface area contributed by atoms with Gasteiger partial charge in [-0.1, -0.05) is 17.3 Å². The number of ether oxygens (including phenoxy) is 1. The van der Waals surface area contributed by atoms with Crippen molar-refractivity contribution in [1.29, 1.82) is 0 Å². The third-order valence-electron chi connectivity index (χ3n) is 5.42. The number of hydrogen-bond acceptors (Lipinski definition) is 10. The van der Waals surface area contributed by atoms with Crippen molar-refractivity contribution in [1.82, 2.24) is 30.7 Å². The third-order valence-corrected chi connectivity index (χ3v) is 5.42. The van der Waals surface area contributed by atoms with E-state index in [2.05, 4.69) is 49.9 Å². The van der Waals surface area contributed by atoms with Gasteiger partial charge in [0.25, 0.3) is 5.91 Å². The monoisotopic (exact) mass is 489 g/mol. The molecule has 1 amide bonds. The molecule has 0 aliphatic carbocycles. The molecule has 0 atom stereocenters. The molecule has 4 rings (SSSR count). The van der Waals surface area contributed by atoms with Crippen LogP contribution in [0.2, 0.25) is 0 Å². The summed E-state index contributed by atoms with van der Waals surface area (Å²) in [6, 6.07) is 15.0. The van der Waals surface area contributed by atoms with E-state index in [0.29, 0.717) is 23.6 Å². The van der Waals surface area contributed by atoms with Gasteiger partial charge >= 0.3 is 0 Å². The van der Waals surface area contributed by atoms with Crippen LogP contribution in [0.25, 0.3) is 17.1 Å². The topological polar surface area (TPSA) is 150 Å². The molecule has 4 aromatic rings. The third kappa shape index (κ3) is 5.17. The quantitative estimate of drug-likeness (QED) is 0.253. The van der Waals surface area contributed by atoms with E-state index >= 15 is 0 Å². The van der Waals surface area contributed by atoms with Crippen molar-refractivity contribution in [3.8, 4) is 22.8 Å². The molecule has 2 aromatic carbocycles. The molecule has 0 saturated carbocycles. The Morgan fingerprint density at radius 3 is 2.44 bits per heavy atom. The van der Waals surface area contributed by atoms with Gasteiger partial charge in [0.05, 0.1) is 12.8 Å². The summed E-state index contributed by atoms with van der Waals surface area (Å²) in [5.41, 5.74) is 11.3. The molecule has 0 bridgehead atoms. The summed E-state index contributed by atoms with van der Waals surface area (Å²) in [4.78, 5) is 15.3. The number of aromatic nitrogens is 5. The lowest BCUT2D eigenvalue weighted by Crippen LogP contribution is -2.21. The first-order valence-corrected chi connectivity index (χ1v) is 11.5. The van der Waals surface area contributed by atoms with Crippen molar-refractivity contribution in [2.75, 3.05) is 30.3 Å². The lowest BCUT2D eigenvalue weighted by atomic mass is 10.1. The van der Waals surface area contributed by atoms with Gasteiger partial charge in [0, 0.05) is 24.3 Å². The summed E-state index contributed by atoms with van der Waals surface area (Å²) in [7, 11) is 0. The Bertz CT molecular complexity index is 1320. The second kappa shape index (κ2) is 11.1. The first-order valence-electron chi connectivity index (χ1n) is 11.5. The van der Waals surface area contributed by atoms with E-state index in [1.807, 2.05) is 31.2 Å². The zero-order valence-electron chi connectivity index (χ0n) is 20.3. The highest BCUT2D eigenvalue weighted by atomic mass is 16.6. The van der Waals surface area contributed by atoms with Crippen molar-refractivity contribution < 1.29 is 14.2 Å². The molecule has 2 heterocycles. The number of hydrogen-bond donors (Lipinski definition) is 2. The largest absolute Gasteiger partial charge is 0.494 e. The molecule has 0 spiro atoms. The number of nitrogens with one attached hydrogen (secondary N) is 1. The van der Waals surface area contributed by atoms with Crippen LogP contribution in [0, 0.1) is 0 Å². The highest BCUT2D eigenvalue weighted by molar-refractivity contribution is 5.98. The minimum absolute atomic E-state index is 0.00484. The van der Waals surface area contributed by atoms with E-state index in [-0.39, 0.29) is 17.3 Å². The Hall–Kier alpha value is -4.74. The SMILES string of the molecule is CCOc1ccc(-c2c(C(=O)NN=Cc3ccc(N(CC)CC)cc3)nnn2-c2nonc2N)cc1. The van der Waals surface area contributed by atoms with Crippen molar-refractivity contribution in [2.24, 2.45) is 5.10 Å². The molecule has 36 heavy (non-hydrogen) atoms. The van der Waals surface area contributed by atoms with Crippen LogP contribution in [0.15, 0.2) is 58.3 Å². The molecule has 0 fully saturated rings. The molecular weight excluding hydrogens is 462 g/mol. The lowest BCUT2D eigenvalue weighted by Gasteiger charge is -2.20. The highest BCUT2D eigenvalue weighted by Gasteiger charge is 2.25. The number of benzene rings is 2. The summed E-state index contributed by atoms with van der Waals surface area (Å²) >= 11 is 0. The number of hydrazone groups is 1. The van der Waals surface area contributed by atoms with Crippen LogP contribution < -0.4 is 20.8 Å². The fraction of sp³-hybridized carbons (Fsp3) is 0.250. The maximum absolute atomic E-state index is 13.0. The van der Waals surface area contributed by atoms with Crippen molar-refractivity contribution in [3.63, 3.8) is 0 Å². The zero-order valence-corrected chi connectivity index (χ0v) is 20.3. The van der Waals surface area contributed by atoms with Gasteiger partial charge in [0.2, 0.25) is 11.6 Å². The summed E-state index contributed by atoms with van der Waals surface area (Å²) in [5.74, 6) is 0.245. The van der Waals surface area contributed by atoms with Crippen LogP contribution in [-0.2, 0) is 0 Å². The second-order valence-electron chi connectivity index (χ2n) is 7.59. The number of carbonyl (C=O) groups excluding carboxylic acids is 1. The molecule has 3 N–H and O–H groups in total. The molecule has 0 aliphatic rings. The molecule has 12 heteroatoms. The lowest BCUT2D eigenvalue weighted by molar-refractivity contribution is 0.0950. The fourth-order valence-corrected chi connectivity index (χ4v) is 3.63. The van der Waals surface area contributed by atoms with Crippen LogP contribution in [-0.4, -0.2) is 57.1 Å². The van der Waals surface area contributed by atoms with Gasteiger partial charge in [-0.3, -0.25) is 4.79 Å². The molecule has 0 radical (unpaired) electrons. The maximum atomic E-state index is 13.0. The Kier molecular flexibility index (Phi) is 7.54. The summed E-state index contributed by atoms with van der Waals surface area (Å²) < 4.78 is 11.5. The number of nitrogen functional groups attached to an aromatic ring is 1. The molecule has 2 aromatic heterocycles. The summed E-state index contributed by atoms with van der Waals surface area (Å²) in [6.45, 7) is 8.50. The van der Waals surface area contributed by atoms with E-state index in [9.17, 15) is 4.79 Å². The average Bonchev–Trinajstić information content (AvgIpc) is 3.52. The van der Waals surface area contributed by atoms with Crippen LogP contribution in [0.1, 0.15) is 36.8 Å². The minimum atomic E-state index is -0.559. The first-order chi connectivity index (χ1) is 17.5. The standard InChI is InChI=1S/C24H27N9O3/c1-4-32(5-2)18-11-7-16(8-12-18)15-26-28-24(34)20-21(17-9-13-19(14-10-17)35-6-3)33(31-27-20)23-22(25)29-36-30-23/h7-15H,4-6H2,1-3H3,(H2,25,29)(H,28,34). The van der Waals surface area contributed by atoms with Gasteiger partial charge < -0.3 is 15.4 Å². The predicted octanol–water partition coefficient (Wildman–Crippen LogP) is 2.91. The van der Waals surface area contributed by atoms with E-state index in [1.54, 1.807) is 30.5 Å². The van der Waals surface area contributed by atoms with Gasteiger partial charge in [-0.2, -0.15) is 9.78 Å². The number of rotatable bonds is 10. The number of nitrogens with zero attached hydrogens (tertiary/aromatic N) is 7. The molecular formula is C24H27N9O3. The van der Waals surface area contributed by atoms with Gasteiger partial charge in [-0.05, 0) is 73.0 Å². The predicted molar refractivity (Wildman–Crippen MR) is 135 cm³/mol. The normalized spacial score (nSPS) is 11.1. The van der Waals surface area contributed by atoms with Crippen molar-refractivity contribution in [2.45, 2.75) is 20.8 Å². The van der Waals surface area contributed by atoms with Gasteiger partial charge in [-0.15, -0.1) is 5.10 Å². The number of carbonyl (C=O) groups is 1. The molecule has 0 unspecified atom stereocenters. The molecule has 0 saturated heterocycles. The molecule has 12 nitrogen and oxygen atoms in total. The van der Waals surface area contributed by atoms with Crippen LogP contribution in [0.5, 0.6) is 5.75 Å². The van der Waals surface area contributed by atoms with E-state index in [4.69, 9.17) is 15.1 Å². The maximum Gasteiger partial charge on any atom is 0.294 e. The highest BCUT2D eigenvalue weighted by Crippen LogP contribution is 2.28. The van der Waals surface area contributed by atoms with Crippen LogP contribution >= 0.6 is 0 Å². The Balaban J connectivity index is 1.58. The smallest absolute Gasteiger partial charge is 0.294 e. The first kappa shape index (κ1) is 24.4. The second-order valence-corrected chi connectivity index (χ2v) is 7.59. The van der Waals surface area contributed by atoms with Crippen molar-refractivity contribution in [3.05, 3.63) is 59.8 Å². The molecule has 0 aliphatic heterocycles. The number of amides is 1. The van der Waals surface area contributed by atoms with Gasteiger partial charge in [0.15, 0.2) is 5.69 Å². The zero-order chi connectivity index (χ0) is 25.5. The van der Waals surface area contributed by atoms with E-state index in [0.717, 1.165) is 24.3 Å². The Morgan fingerprint density at radius 1 is 1.11 bits per heavy atom. The van der Waals surface area contributed by atoms with E-state index in [1.165, 1.54) is 4.68 Å². The summed E-state index contributed by atoms with van der Waals surface area (Å²) in [5, 5.41) is 19.6. The van der Waals surface area contributed by atoms with Crippen molar-refractivity contribution >= 4 is 23.6 Å². The molecule has 186 valence electrons. The van der Waals surface area contributed by atoms with Gasteiger partial charge in [-0.25, -0.2) is 10.1 Å². The fourth-order valence-electron chi connectivity index (χ4n) is 3.63. The summed E-state index contributed by atoms with van der Waals surface area (Å²) in [6.07, 6.45) is 1.56. The number of anilines is 2. The minimum Gasteiger partial charge on any atom is -0.494 e. The van der Waals surface area contributed by atoms with Crippen LogP contribution in [0.4, 0.5) is 11.5 Å².